The number of rotatable bonds is 3. The Bertz CT molecular complexity index is 1060. The second-order valence-electron chi connectivity index (χ2n) is 6.49. The maximum atomic E-state index is 13.1. The van der Waals surface area contributed by atoms with Crippen LogP contribution in [0.25, 0.3) is 0 Å². The fourth-order valence-electron chi connectivity index (χ4n) is 3.23. The van der Waals surface area contributed by atoms with Crippen molar-refractivity contribution in [1.82, 2.24) is 14.8 Å². The van der Waals surface area contributed by atoms with Crippen LogP contribution in [0.15, 0.2) is 42.0 Å². The lowest BCUT2D eigenvalue weighted by atomic mass is 10.1. The van der Waals surface area contributed by atoms with Gasteiger partial charge in [-0.25, -0.2) is 0 Å². The molecule has 29 heavy (non-hydrogen) atoms. The molecule has 3 heterocycles. The van der Waals surface area contributed by atoms with Crippen LogP contribution in [0.4, 0.5) is 24.0 Å². The maximum Gasteiger partial charge on any atom is 0.416 e. The highest BCUT2D eigenvalue weighted by Gasteiger charge is 2.35. The van der Waals surface area contributed by atoms with Crippen molar-refractivity contribution in [2.24, 2.45) is 0 Å². The summed E-state index contributed by atoms with van der Waals surface area (Å²) >= 11 is 1.14. The molecule has 4 rings (SSSR count). The van der Waals surface area contributed by atoms with Crippen molar-refractivity contribution in [3.05, 3.63) is 58.9 Å². The van der Waals surface area contributed by atoms with Crippen LogP contribution >= 0.6 is 11.3 Å². The van der Waals surface area contributed by atoms with Crippen LogP contribution in [0, 0.1) is 0 Å². The van der Waals surface area contributed by atoms with Gasteiger partial charge in [0.1, 0.15) is 11.2 Å². The molecule has 1 aromatic carbocycles. The molecule has 0 bridgehead atoms. The van der Waals surface area contributed by atoms with Crippen molar-refractivity contribution in [2.75, 3.05) is 16.8 Å². The molecule has 0 fully saturated rings. The van der Waals surface area contributed by atoms with Gasteiger partial charge in [-0.05, 0) is 37.3 Å². The minimum atomic E-state index is -4.46. The quantitative estimate of drug-likeness (QED) is 0.697. The lowest BCUT2D eigenvalue weighted by molar-refractivity contribution is -0.137. The van der Waals surface area contributed by atoms with Gasteiger partial charge in [0.15, 0.2) is 0 Å². The second-order valence-corrected chi connectivity index (χ2v) is 7.33. The van der Waals surface area contributed by atoms with E-state index in [9.17, 15) is 22.8 Å². The summed E-state index contributed by atoms with van der Waals surface area (Å²) in [6.45, 7) is 2.13. The first-order valence-corrected chi connectivity index (χ1v) is 9.41. The standard InChI is InChI=1S/C18H14F3N5O2S/c1-10-8-26(12-4-2-11(3-5-12)18(19,20)21)16(28)14-13(6-7-25(10)14)15(27)23-17-24-22-9-29-17/h2-7,9-10H,8H2,1H3,(H,23,24,27)/t10-/m0/s1. The summed E-state index contributed by atoms with van der Waals surface area (Å²) in [5.41, 5.74) is 1.33. The molecule has 11 heteroatoms. The Morgan fingerprint density at radius 3 is 2.59 bits per heavy atom. The van der Waals surface area contributed by atoms with Crippen LogP contribution in [-0.4, -0.2) is 33.1 Å². The molecule has 1 N–H and O–H groups in total. The summed E-state index contributed by atoms with van der Waals surface area (Å²) in [5, 5.41) is 10.3. The SMILES string of the molecule is C[C@H]1CN(c2ccc(C(F)(F)F)cc2)C(=O)c2c(C(=O)Nc3nncs3)ccn21. The minimum Gasteiger partial charge on any atom is -0.338 e. The van der Waals surface area contributed by atoms with Gasteiger partial charge in [-0.1, -0.05) is 11.3 Å². The first-order valence-electron chi connectivity index (χ1n) is 8.53. The number of nitrogens with zero attached hydrogens (tertiary/aromatic N) is 4. The van der Waals surface area contributed by atoms with Gasteiger partial charge in [-0.3, -0.25) is 14.9 Å². The summed E-state index contributed by atoms with van der Waals surface area (Å²) in [6, 6.07) is 5.75. The van der Waals surface area contributed by atoms with Gasteiger partial charge in [0.05, 0.1) is 11.1 Å². The fraction of sp³-hybridized carbons (Fsp3) is 0.222. The van der Waals surface area contributed by atoms with E-state index in [1.165, 1.54) is 28.6 Å². The second kappa shape index (κ2) is 6.99. The average Bonchev–Trinajstić information content (AvgIpc) is 3.34. The number of hydrogen-bond donors (Lipinski definition) is 1. The molecule has 0 aliphatic carbocycles. The van der Waals surface area contributed by atoms with Crippen LogP contribution < -0.4 is 10.2 Å². The number of halogens is 3. The number of fused-ring (bicyclic) bond motifs is 1. The number of carbonyl (C=O) groups excluding carboxylic acids is 2. The van der Waals surface area contributed by atoms with Gasteiger partial charge in [0.2, 0.25) is 5.13 Å². The lowest BCUT2D eigenvalue weighted by Crippen LogP contribution is -2.43. The molecule has 3 aromatic rings. The third-order valence-electron chi connectivity index (χ3n) is 4.62. The summed E-state index contributed by atoms with van der Waals surface area (Å²) in [6.07, 6.45) is -2.81. The molecule has 0 saturated carbocycles. The Labute approximate surface area is 166 Å². The molecule has 0 unspecified atom stereocenters. The Balaban J connectivity index is 1.66. The molecular formula is C18H14F3N5O2S. The highest BCUT2D eigenvalue weighted by Crippen LogP contribution is 2.33. The van der Waals surface area contributed by atoms with E-state index in [0.29, 0.717) is 10.8 Å². The van der Waals surface area contributed by atoms with E-state index in [0.717, 1.165) is 23.5 Å². The van der Waals surface area contributed by atoms with Crippen molar-refractivity contribution in [3.63, 3.8) is 0 Å². The molecule has 7 nitrogen and oxygen atoms in total. The maximum absolute atomic E-state index is 13.1. The number of carbonyl (C=O) groups is 2. The number of hydrogen-bond acceptors (Lipinski definition) is 5. The van der Waals surface area contributed by atoms with Crippen LogP contribution in [0.5, 0.6) is 0 Å². The Morgan fingerprint density at radius 2 is 1.97 bits per heavy atom. The zero-order valence-corrected chi connectivity index (χ0v) is 15.8. The van der Waals surface area contributed by atoms with E-state index >= 15 is 0 Å². The first-order chi connectivity index (χ1) is 13.8. The Hall–Kier alpha value is -3.21. The van der Waals surface area contributed by atoms with Crippen molar-refractivity contribution in [3.8, 4) is 0 Å². The molecule has 1 aliphatic heterocycles. The molecule has 0 spiro atoms. The third-order valence-corrected chi connectivity index (χ3v) is 5.22. The molecule has 0 saturated heterocycles. The Kier molecular flexibility index (Phi) is 4.61. The normalized spacial score (nSPS) is 16.6. The first kappa shape index (κ1) is 19.1. The predicted octanol–water partition coefficient (Wildman–Crippen LogP) is 3.83. The van der Waals surface area contributed by atoms with E-state index in [-0.39, 0.29) is 23.8 Å². The van der Waals surface area contributed by atoms with Gasteiger partial charge >= 0.3 is 6.18 Å². The van der Waals surface area contributed by atoms with E-state index in [1.54, 1.807) is 10.8 Å². The minimum absolute atomic E-state index is 0.161. The number of anilines is 2. The summed E-state index contributed by atoms with van der Waals surface area (Å²) in [7, 11) is 0. The van der Waals surface area contributed by atoms with Gasteiger partial charge in [0, 0.05) is 24.5 Å². The van der Waals surface area contributed by atoms with Crippen LogP contribution in [-0.2, 0) is 6.18 Å². The van der Waals surface area contributed by atoms with Crippen LogP contribution in [0.3, 0.4) is 0 Å². The molecule has 2 aromatic heterocycles. The predicted molar refractivity (Wildman–Crippen MR) is 100 cm³/mol. The summed E-state index contributed by atoms with van der Waals surface area (Å²) in [4.78, 5) is 27.1. The largest absolute Gasteiger partial charge is 0.416 e. The molecule has 0 radical (unpaired) electrons. The summed E-state index contributed by atoms with van der Waals surface area (Å²) in [5.74, 6) is -0.972. The van der Waals surface area contributed by atoms with E-state index < -0.39 is 23.6 Å². The van der Waals surface area contributed by atoms with E-state index in [4.69, 9.17) is 0 Å². The fourth-order valence-corrected chi connectivity index (χ4v) is 3.67. The number of benzene rings is 1. The highest BCUT2D eigenvalue weighted by atomic mass is 32.1. The average molecular weight is 421 g/mol. The number of alkyl halides is 3. The van der Waals surface area contributed by atoms with E-state index in [2.05, 4.69) is 15.5 Å². The van der Waals surface area contributed by atoms with Crippen LogP contribution in [0.1, 0.15) is 39.4 Å². The number of nitrogens with one attached hydrogen (secondary N) is 1. The highest BCUT2D eigenvalue weighted by molar-refractivity contribution is 7.13. The Morgan fingerprint density at radius 1 is 1.24 bits per heavy atom. The van der Waals surface area contributed by atoms with Gasteiger partial charge in [-0.2, -0.15) is 13.2 Å². The molecular weight excluding hydrogens is 407 g/mol. The molecule has 1 aliphatic rings. The van der Waals surface area contributed by atoms with Crippen molar-refractivity contribution in [2.45, 2.75) is 19.1 Å². The number of amides is 2. The van der Waals surface area contributed by atoms with E-state index in [1.807, 2.05) is 6.92 Å². The molecule has 1 atom stereocenters. The van der Waals surface area contributed by atoms with Crippen LogP contribution in [0.2, 0.25) is 0 Å². The lowest BCUT2D eigenvalue weighted by Gasteiger charge is -2.33. The zero-order chi connectivity index (χ0) is 20.8. The van der Waals surface area contributed by atoms with Gasteiger partial charge < -0.3 is 9.47 Å². The monoisotopic (exact) mass is 421 g/mol. The van der Waals surface area contributed by atoms with Crippen molar-refractivity contribution < 1.29 is 22.8 Å². The van der Waals surface area contributed by atoms with Crippen molar-refractivity contribution >= 4 is 34.0 Å². The smallest absolute Gasteiger partial charge is 0.338 e. The van der Waals surface area contributed by atoms with Gasteiger partial charge in [0.25, 0.3) is 11.8 Å². The molecule has 2 amide bonds. The summed E-state index contributed by atoms with van der Waals surface area (Å²) < 4.78 is 40.1. The zero-order valence-electron chi connectivity index (χ0n) is 15.0. The number of aromatic nitrogens is 3. The third kappa shape index (κ3) is 3.48. The van der Waals surface area contributed by atoms with Gasteiger partial charge in [-0.15, -0.1) is 10.2 Å². The topological polar surface area (TPSA) is 80.1 Å². The van der Waals surface area contributed by atoms with Crippen molar-refractivity contribution in [1.29, 1.82) is 0 Å². The molecule has 150 valence electrons.